The maximum absolute atomic E-state index is 13.7. The van der Waals surface area contributed by atoms with Crippen LogP contribution in [0.3, 0.4) is 0 Å². The Kier molecular flexibility index (Phi) is 4.68. The third kappa shape index (κ3) is 3.40. The van der Waals surface area contributed by atoms with E-state index in [0.29, 0.717) is 22.7 Å². The molecule has 0 radical (unpaired) electrons. The molecule has 0 bridgehead atoms. The molecule has 0 spiro atoms. The number of hydrogen-bond donors (Lipinski definition) is 0. The third-order valence-electron chi connectivity index (χ3n) is 4.33. The van der Waals surface area contributed by atoms with E-state index in [-0.39, 0.29) is 11.6 Å². The number of carbonyl (C=O) groups is 1. The lowest BCUT2D eigenvalue weighted by atomic mass is 10.0. The topological polar surface area (TPSA) is 57.0 Å². The van der Waals surface area contributed by atoms with Gasteiger partial charge in [0.1, 0.15) is 29.3 Å². The summed E-state index contributed by atoms with van der Waals surface area (Å²) >= 11 is 0. The first-order valence-electron chi connectivity index (χ1n) is 8.60. The molecule has 6 heteroatoms. The van der Waals surface area contributed by atoms with Crippen molar-refractivity contribution in [2.45, 2.75) is 0 Å². The lowest BCUT2D eigenvalue weighted by Crippen LogP contribution is -2.03. The van der Waals surface area contributed by atoms with Crippen LogP contribution in [0.2, 0.25) is 0 Å². The quantitative estimate of drug-likeness (QED) is 0.489. The molecule has 4 aromatic rings. The smallest absolute Gasteiger partial charge is 0.231 e. The lowest BCUT2D eigenvalue weighted by Gasteiger charge is -2.10. The van der Waals surface area contributed by atoms with Gasteiger partial charge < -0.3 is 9.30 Å². The van der Waals surface area contributed by atoms with Crippen LogP contribution >= 0.6 is 0 Å². The fraction of sp³-hybridized carbons (Fsp3) is 0.0455. The van der Waals surface area contributed by atoms with Gasteiger partial charge in [-0.1, -0.05) is 18.2 Å². The highest BCUT2D eigenvalue weighted by atomic mass is 19.1. The van der Waals surface area contributed by atoms with Gasteiger partial charge in [-0.05, 0) is 48.0 Å². The Morgan fingerprint density at radius 1 is 1.00 bits per heavy atom. The zero-order valence-corrected chi connectivity index (χ0v) is 15.0. The van der Waals surface area contributed by atoms with Crippen LogP contribution in [0, 0.1) is 5.82 Å². The first kappa shape index (κ1) is 17.6. The van der Waals surface area contributed by atoms with Gasteiger partial charge in [-0.15, -0.1) is 0 Å². The summed E-state index contributed by atoms with van der Waals surface area (Å²) in [5.41, 5.74) is 2.87. The van der Waals surface area contributed by atoms with Crippen LogP contribution < -0.4 is 4.74 Å². The van der Waals surface area contributed by atoms with Crippen molar-refractivity contribution < 1.29 is 13.9 Å². The highest BCUT2D eigenvalue weighted by Crippen LogP contribution is 2.31. The number of ketones is 1. The zero-order valence-electron chi connectivity index (χ0n) is 15.0. The van der Waals surface area contributed by atoms with Gasteiger partial charge in [0.15, 0.2) is 0 Å². The van der Waals surface area contributed by atoms with Crippen LogP contribution in [-0.4, -0.2) is 27.4 Å². The molecule has 0 atom stereocenters. The van der Waals surface area contributed by atoms with Gasteiger partial charge in [0.2, 0.25) is 5.78 Å². The summed E-state index contributed by atoms with van der Waals surface area (Å²) in [6.07, 6.45) is 4.79. The van der Waals surface area contributed by atoms with E-state index < -0.39 is 0 Å². The van der Waals surface area contributed by atoms with Crippen molar-refractivity contribution in [3.05, 3.63) is 96.6 Å². The summed E-state index contributed by atoms with van der Waals surface area (Å²) in [6.45, 7) is 0. The molecule has 0 aliphatic rings. The maximum atomic E-state index is 13.7. The minimum Gasteiger partial charge on any atom is -0.496 e. The number of ether oxygens (including phenoxy) is 1. The minimum atomic E-state index is -0.341. The number of carbonyl (C=O) groups excluding carboxylic acids is 1. The molecule has 28 heavy (non-hydrogen) atoms. The molecule has 0 fully saturated rings. The fourth-order valence-corrected chi connectivity index (χ4v) is 2.95. The predicted molar refractivity (Wildman–Crippen MR) is 103 cm³/mol. The second-order valence-corrected chi connectivity index (χ2v) is 6.11. The highest BCUT2D eigenvalue weighted by molar-refractivity contribution is 6.06. The second kappa shape index (κ2) is 7.44. The van der Waals surface area contributed by atoms with Gasteiger partial charge in [-0.2, -0.15) is 0 Å². The van der Waals surface area contributed by atoms with E-state index in [1.165, 1.54) is 12.1 Å². The van der Waals surface area contributed by atoms with Gasteiger partial charge in [-0.3, -0.25) is 9.78 Å². The molecule has 2 heterocycles. The summed E-state index contributed by atoms with van der Waals surface area (Å²) in [6, 6.07) is 17.0. The van der Waals surface area contributed by atoms with E-state index in [9.17, 15) is 9.18 Å². The average molecular weight is 373 g/mol. The van der Waals surface area contributed by atoms with E-state index in [1.807, 2.05) is 24.3 Å². The monoisotopic (exact) mass is 373 g/mol. The Morgan fingerprint density at radius 2 is 1.89 bits per heavy atom. The highest BCUT2D eigenvalue weighted by Gasteiger charge is 2.14. The molecule has 0 amide bonds. The zero-order chi connectivity index (χ0) is 19.5. The number of halogens is 1. The Hall–Kier alpha value is -3.80. The summed E-state index contributed by atoms with van der Waals surface area (Å²) in [7, 11) is 1.55. The van der Waals surface area contributed by atoms with E-state index in [2.05, 4.69) is 9.97 Å². The molecule has 2 aromatic carbocycles. The number of hydrogen-bond acceptors (Lipinski definition) is 4. The van der Waals surface area contributed by atoms with Gasteiger partial charge in [0.05, 0.1) is 7.11 Å². The summed E-state index contributed by atoms with van der Waals surface area (Å²) in [5.74, 6) is -0.00965. The first-order valence-corrected chi connectivity index (χ1v) is 8.60. The number of pyridine rings is 1. The fourth-order valence-electron chi connectivity index (χ4n) is 2.95. The molecule has 0 saturated carbocycles. The number of aromatic nitrogens is 3. The molecule has 4 rings (SSSR count). The summed E-state index contributed by atoms with van der Waals surface area (Å²) < 4.78 is 20.8. The van der Waals surface area contributed by atoms with Crippen molar-refractivity contribution >= 4 is 5.78 Å². The molecule has 0 aliphatic heterocycles. The molecule has 5 nitrogen and oxygen atoms in total. The molecule has 138 valence electrons. The Labute approximate surface area is 161 Å². The van der Waals surface area contributed by atoms with E-state index in [0.717, 1.165) is 11.3 Å². The van der Waals surface area contributed by atoms with Gasteiger partial charge in [0, 0.05) is 23.6 Å². The predicted octanol–water partition coefficient (Wildman–Crippen LogP) is 4.31. The molecule has 0 saturated heterocycles. The van der Waals surface area contributed by atoms with Gasteiger partial charge in [0.25, 0.3) is 0 Å². The van der Waals surface area contributed by atoms with Crippen LogP contribution in [0.25, 0.3) is 16.8 Å². The van der Waals surface area contributed by atoms with Gasteiger partial charge >= 0.3 is 0 Å². The summed E-state index contributed by atoms with van der Waals surface area (Å²) in [5, 5.41) is 0. The van der Waals surface area contributed by atoms with Crippen molar-refractivity contribution in [2.75, 3.05) is 7.11 Å². The standard InChI is InChI=1S/C22H16FN3O2/c1-28-21-9-8-16(23)12-18(21)15-5-4-6-17(11-15)26-13-20(25-14-26)22(27)19-7-2-3-10-24-19/h2-14H,1H3. The van der Waals surface area contributed by atoms with Crippen molar-refractivity contribution in [1.82, 2.24) is 14.5 Å². The number of imidazole rings is 1. The van der Waals surface area contributed by atoms with E-state index in [1.54, 1.807) is 54.7 Å². The number of nitrogens with zero attached hydrogens (tertiary/aromatic N) is 3. The second-order valence-electron chi connectivity index (χ2n) is 6.11. The SMILES string of the molecule is COc1ccc(F)cc1-c1cccc(-n2cnc(C(=O)c3ccccn3)c2)c1. The lowest BCUT2D eigenvalue weighted by molar-refractivity contribution is 0.103. The van der Waals surface area contributed by atoms with Crippen molar-refractivity contribution in [1.29, 1.82) is 0 Å². The van der Waals surface area contributed by atoms with Crippen LogP contribution in [0.5, 0.6) is 5.75 Å². The Morgan fingerprint density at radius 3 is 2.68 bits per heavy atom. The number of benzene rings is 2. The molecule has 0 unspecified atom stereocenters. The van der Waals surface area contributed by atoms with Crippen LogP contribution in [0.1, 0.15) is 16.2 Å². The minimum absolute atomic E-state index is 0.248. The van der Waals surface area contributed by atoms with Crippen LogP contribution in [0.15, 0.2) is 79.4 Å². The van der Waals surface area contributed by atoms with Crippen molar-refractivity contribution in [3.8, 4) is 22.6 Å². The Balaban J connectivity index is 1.69. The summed E-state index contributed by atoms with van der Waals surface area (Å²) in [4.78, 5) is 20.8. The van der Waals surface area contributed by atoms with E-state index >= 15 is 0 Å². The average Bonchev–Trinajstić information content (AvgIpc) is 3.24. The molecule has 0 N–H and O–H groups in total. The van der Waals surface area contributed by atoms with Crippen molar-refractivity contribution in [2.24, 2.45) is 0 Å². The third-order valence-corrected chi connectivity index (χ3v) is 4.33. The van der Waals surface area contributed by atoms with Crippen LogP contribution in [-0.2, 0) is 0 Å². The van der Waals surface area contributed by atoms with Crippen molar-refractivity contribution in [3.63, 3.8) is 0 Å². The van der Waals surface area contributed by atoms with Gasteiger partial charge in [-0.25, -0.2) is 9.37 Å². The molecule has 0 aliphatic carbocycles. The number of rotatable bonds is 5. The first-order chi connectivity index (χ1) is 13.7. The number of methoxy groups -OCH3 is 1. The maximum Gasteiger partial charge on any atom is 0.231 e. The van der Waals surface area contributed by atoms with Crippen LogP contribution in [0.4, 0.5) is 4.39 Å². The molecule has 2 aromatic heterocycles. The largest absolute Gasteiger partial charge is 0.496 e. The Bertz CT molecular complexity index is 1140. The molecular formula is C22H16FN3O2. The molecular weight excluding hydrogens is 357 g/mol. The van der Waals surface area contributed by atoms with E-state index in [4.69, 9.17) is 4.74 Å². The normalized spacial score (nSPS) is 10.6.